The Balaban J connectivity index is 1.80. The van der Waals surface area contributed by atoms with E-state index in [1.807, 2.05) is 47.4 Å². The van der Waals surface area contributed by atoms with Crippen LogP contribution >= 0.6 is 0 Å². The van der Waals surface area contributed by atoms with Crippen molar-refractivity contribution in [3.05, 3.63) is 65.4 Å². The first-order chi connectivity index (χ1) is 15.0. The molecule has 5 rings (SSSR count). The predicted molar refractivity (Wildman–Crippen MR) is 122 cm³/mol. The summed E-state index contributed by atoms with van der Waals surface area (Å²) in [5.41, 5.74) is 3.61. The van der Waals surface area contributed by atoms with Gasteiger partial charge in [-0.1, -0.05) is 50.2 Å². The molecule has 31 heavy (non-hydrogen) atoms. The molecule has 2 aliphatic heterocycles. The van der Waals surface area contributed by atoms with E-state index in [-0.39, 0.29) is 11.8 Å². The molecule has 1 atom stereocenters. The molecule has 160 valence electrons. The number of benzene rings is 2. The van der Waals surface area contributed by atoms with E-state index < -0.39 is 5.54 Å². The summed E-state index contributed by atoms with van der Waals surface area (Å²) in [7, 11) is 0. The number of anilines is 1. The maximum absolute atomic E-state index is 14.3. The van der Waals surface area contributed by atoms with E-state index in [1.165, 1.54) is 0 Å². The van der Waals surface area contributed by atoms with Crippen LogP contribution in [-0.2, 0) is 21.5 Å². The zero-order chi connectivity index (χ0) is 21.8. The van der Waals surface area contributed by atoms with Crippen LogP contribution in [0.3, 0.4) is 0 Å². The van der Waals surface area contributed by atoms with Crippen molar-refractivity contribution in [1.29, 1.82) is 0 Å². The van der Waals surface area contributed by atoms with Crippen molar-refractivity contribution in [1.82, 2.24) is 14.8 Å². The van der Waals surface area contributed by atoms with Crippen molar-refractivity contribution >= 4 is 28.4 Å². The summed E-state index contributed by atoms with van der Waals surface area (Å²) >= 11 is 0. The van der Waals surface area contributed by atoms with Gasteiger partial charge < -0.3 is 9.88 Å². The molecule has 0 aliphatic carbocycles. The van der Waals surface area contributed by atoms with Crippen LogP contribution in [0.4, 0.5) is 5.69 Å². The van der Waals surface area contributed by atoms with Gasteiger partial charge in [-0.05, 0) is 37.2 Å². The quantitative estimate of drug-likeness (QED) is 0.709. The Morgan fingerprint density at radius 3 is 2.55 bits per heavy atom. The van der Waals surface area contributed by atoms with Crippen LogP contribution in [0.2, 0.25) is 0 Å². The topological polar surface area (TPSA) is 59.7 Å². The number of nitrogens with zero attached hydrogens (tertiary/aromatic N) is 3. The summed E-state index contributed by atoms with van der Waals surface area (Å²) in [6.07, 6.45) is 0.728. The van der Waals surface area contributed by atoms with Gasteiger partial charge in [0.05, 0.1) is 18.1 Å². The third-order valence-electron chi connectivity index (χ3n) is 6.92. The fourth-order valence-corrected chi connectivity index (χ4v) is 5.39. The highest BCUT2D eigenvalue weighted by Gasteiger charge is 2.60. The largest absolute Gasteiger partial charge is 0.355 e. The van der Waals surface area contributed by atoms with Crippen LogP contribution in [-0.4, -0.2) is 52.9 Å². The number of H-pyrrole nitrogens is 1. The summed E-state index contributed by atoms with van der Waals surface area (Å²) in [6.45, 7) is 8.49. The van der Waals surface area contributed by atoms with E-state index in [4.69, 9.17) is 0 Å². The Hall–Kier alpha value is -3.12. The number of para-hydroxylation sites is 2. The molecule has 1 aromatic heterocycles. The van der Waals surface area contributed by atoms with Gasteiger partial charge in [0.25, 0.3) is 5.91 Å². The highest BCUT2D eigenvalue weighted by molar-refractivity contribution is 6.12. The van der Waals surface area contributed by atoms with Gasteiger partial charge in [-0.15, -0.1) is 0 Å². The Bertz CT molecular complexity index is 1180. The molecule has 3 aromatic rings. The zero-order valence-electron chi connectivity index (χ0n) is 18.3. The third kappa shape index (κ3) is 2.61. The number of rotatable bonds is 4. The van der Waals surface area contributed by atoms with Gasteiger partial charge >= 0.3 is 0 Å². The van der Waals surface area contributed by atoms with E-state index in [2.05, 4.69) is 29.8 Å². The van der Waals surface area contributed by atoms with Crippen molar-refractivity contribution in [3.63, 3.8) is 0 Å². The monoisotopic (exact) mass is 416 g/mol. The molecule has 2 amide bonds. The molecule has 1 N–H and O–H groups in total. The number of fused-ring (bicyclic) bond motifs is 6. The zero-order valence-corrected chi connectivity index (χ0v) is 18.3. The summed E-state index contributed by atoms with van der Waals surface area (Å²) in [6, 6.07) is 16.1. The number of carbonyl (C=O) groups excluding carboxylic acids is 2. The number of hydrogen-bond acceptors (Lipinski definition) is 3. The Kier molecular flexibility index (Phi) is 4.63. The molecular formula is C25H28N4O2. The minimum atomic E-state index is -1.15. The molecule has 0 fully saturated rings. The lowest BCUT2D eigenvalue weighted by Crippen LogP contribution is -2.59. The molecule has 6 nitrogen and oxygen atoms in total. The number of aromatic nitrogens is 1. The normalized spacial score (nSPS) is 20.1. The number of aromatic amines is 1. The van der Waals surface area contributed by atoms with Crippen LogP contribution < -0.4 is 4.90 Å². The summed E-state index contributed by atoms with van der Waals surface area (Å²) in [5, 5.41) is 1.13. The van der Waals surface area contributed by atoms with Crippen molar-refractivity contribution < 1.29 is 9.59 Å². The molecule has 2 aliphatic rings. The number of amides is 2. The van der Waals surface area contributed by atoms with E-state index in [9.17, 15) is 9.59 Å². The number of hydrogen-bond donors (Lipinski definition) is 1. The number of nitrogens with one attached hydrogen (secondary N) is 1. The average Bonchev–Trinajstić information content (AvgIpc) is 3.28. The third-order valence-corrected chi connectivity index (χ3v) is 6.92. The van der Waals surface area contributed by atoms with Gasteiger partial charge in [-0.2, -0.15) is 0 Å². The standard InChI is InChI=1S/C25H28N4O2/c1-4-27(5-2)16-28-22-13-9-7-11-20(22)25(24(28)31)23-19(14-15-29(25)17(3)30)18-10-6-8-12-21(18)26-23/h6-13,26H,4-5,14-16H2,1-3H3/t25-/m1/s1. The second-order valence-corrected chi connectivity index (χ2v) is 8.35. The number of carbonyl (C=O) groups is 2. The lowest BCUT2D eigenvalue weighted by molar-refractivity contribution is -0.143. The van der Waals surface area contributed by atoms with Crippen molar-refractivity contribution in [2.45, 2.75) is 32.7 Å². The maximum atomic E-state index is 14.3. The van der Waals surface area contributed by atoms with Gasteiger partial charge in [0.2, 0.25) is 5.91 Å². The van der Waals surface area contributed by atoms with Gasteiger partial charge in [0.15, 0.2) is 5.54 Å². The van der Waals surface area contributed by atoms with Gasteiger partial charge in [-0.25, -0.2) is 0 Å². The Morgan fingerprint density at radius 1 is 1.10 bits per heavy atom. The van der Waals surface area contributed by atoms with Crippen molar-refractivity contribution in [2.75, 3.05) is 31.2 Å². The van der Waals surface area contributed by atoms with E-state index in [0.717, 1.165) is 52.9 Å². The molecule has 0 saturated carbocycles. The van der Waals surface area contributed by atoms with Crippen LogP contribution in [0, 0.1) is 0 Å². The fourth-order valence-electron chi connectivity index (χ4n) is 5.39. The lowest BCUT2D eigenvalue weighted by atomic mass is 9.80. The molecule has 0 saturated heterocycles. The Labute approximate surface area is 182 Å². The molecule has 2 aromatic carbocycles. The van der Waals surface area contributed by atoms with Gasteiger partial charge in [-0.3, -0.25) is 19.4 Å². The summed E-state index contributed by atoms with van der Waals surface area (Å²) < 4.78 is 0. The van der Waals surface area contributed by atoms with Crippen LogP contribution in [0.25, 0.3) is 10.9 Å². The van der Waals surface area contributed by atoms with Crippen LogP contribution in [0.5, 0.6) is 0 Å². The molecule has 0 bridgehead atoms. The first-order valence-electron chi connectivity index (χ1n) is 11.1. The summed E-state index contributed by atoms with van der Waals surface area (Å²) in [5.74, 6) is -0.138. The SMILES string of the molecule is CCN(CC)CN1C(=O)[C@@]2(c3ccccc31)c1[nH]c3ccccc3c1CCN2C(C)=O. The van der Waals surface area contributed by atoms with Crippen LogP contribution in [0.15, 0.2) is 48.5 Å². The van der Waals surface area contributed by atoms with E-state index >= 15 is 0 Å². The highest BCUT2D eigenvalue weighted by atomic mass is 16.2. The second-order valence-electron chi connectivity index (χ2n) is 8.35. The molecule has 0 unspecified atom stereocenters. The minimum absolute atomic E-state index is 0.0525. The highest BCUT2D eigenvalue weighted by Crippen LogP contribution is 2.51. The average molecular weight is 417 g/mol. The molecule has 1 spiro atoms. The van der Waals surface area contributed by atoms with E-state index in [0.29, 0.717) is 13.2 Å². The molecule has 3 heterocycles. The maximum Gasteiger partial charge on any atom is 0.265 e. The molecule has 0 radical (unpaired) electrons. The molecular weight excluding hydrogens is 388 g/mol. The smallest absolute Gasteiger partial charge is 0.265 e. The minimum Gasteiger partial charge on any atom is -0.355 e. The van der Waals surface area contributed by atoms with E-state index in [1.54, 1.807) is 11.8 Å². The molecule has 6 heteroatoms. The first-order valence-corrected chi connectivity index (χ1v) is 11.1. The van der Waals surface area contributed by atoms with Crippen molar-refractivity contribution in [2.24, 2.45) is 0 Å². The Morgan fingerprint density at radius 2 is 1.81 bits per heavy atom. The van der Waals surface area contributed by atoms with Crippen LogP contribution in [0.1, 0.15) is 37.6 Å². The van der Waals surface area contributed by atoms with Gasteiger partial charge in [0.1, 0.15) is 0 Å². The predicted octanol–water partition coefficient (Wildman–Crippen LogP) is 3.46. The second kappa shape index (κ2) is 7.24. The van der Waals surface area contributed by atoms with Crippen molar-refractivity contribution in [3.8, 4) is 0 Å². The fraction of sp³-hybridized carbons (Fsp3) is 0.360. The lowest BCUT2D eigenvalue weighted by Gasteiger charge is -2.43. The van der Waals surface area contributed by atoms with Gasteiger partial charge in [0, 0.05) is 29.9 Å². The summed E-state index contributed by atoms with van der Waals surface area (Å²) in [4.78, 5) is 36.7. The first kappa shape index (κ1) is 19.8.